The first-order valence-corrected chi connectivity index (χ1v) is 9.51. The van der Waals surface area contributed by atoms with E-state index in [1.807, 2.05) is 71.3 Å². The molecular formula is C23H20N4O. The van der Waals surface area contributed by atoms with Gasteiger partial charge in [0.2, 0.25) is 0 Å². The number of hydrogen-bond donors (Lipinski definition) is 1. The van der Waals surface area contributed by atoms with Crippen molar-refractivity contribution in [3.8, 4) is 22.5 Å². The standard InChI is InChI=1S/C23H20N4O/c1-15-7-8-18(23(28)24-19-9-10-19)13-20(15)17-11-12-27-21(14-17)25-26-22(27)16-5-3-2-4-6-16/h2-8,11-14,19H,9-10H2,1H3,(H,24,28). The lowest BCUT2D eigenvalue weighted by Crippen LogP contribution is -2.25. The number of carbonyl (C=O) groups is 1. The maximum absolute atomic E-state index is 12.4. The van der Waals surface area contributed by atoms with Gasteiger partial charge in [-0.1, -0.05) is 36.4 Å². The van der Waals surface area contributed by atoms with Crippen LogP contribution in [0.4, 0.5) is 0 Å². The molecule has 5 heteroatoms. The zero-order valence-corrected chi connectivity index (χ0v) is 15.6. The van der Waals surface area contributed by atoms with Crippen molar-refractivity contribution in [2.24, 2.45) is 0 Å². The van der Waals surface area contributed by atoms with Crippen LogP contribution in [0.5, 0.6) is 0 Å². The summed E-state index contributed by atoms with van der Waals surface area (Å²) >= 11 is 0. The summed E-state index contributed by atoms with van der Waals surface area (Å²) in [5, 5.41) is 11.8. The van der Waals surface area contributed by atoms with Gasteiger partial charge in [-0.3, -0.25) is 9.20 Å². The zero-order valence-electron chi connectivity index (χ0n) is 15.6. The fourth-order valence-electron chi connectivity index (χ4n) is 3.41. The average molecular weight is 368 g/mol. The van der Waals surface area contributed by atoms with Crippen LogP contribution >= 0.6 is 0 Å². The fourth-order valence-corrected chi connectivity index (χ4v) is 3.41. The molecule has 0 saturated heterocycles. The van der Waals surface area contributed by atoms with Gasteiger partial charge in [-0.25, -0.2) is 0 Å². The van der Waals surface area contributed by atoms with E-state index in [2.05, 4.69) is 22.4 Å². The van der Waals surface area contributed by atoms with Crippen LogP contribution in [0.3, 0.4) is 0 Å². The van der Waals surface area contributed by atoms with Crippen molar-refractivity contribution in [2.75, 3.05) is 0 Å². The first-order valence-electron chi connectivity index (χ1n) is 9.51. The molecule has 0 atom stereocenters. The Morgan fingerprint density at radius 1 is 1.00 bits per heavy atom. The fraction of sp³-hybridized carbons (Fsp3) is 0.174. The van der Waals surface area contributed by atoms with Crippen LogP contribution in [0.25, 0.3) is 28.2 Å². The summed E-state index contributed by atoms with van der Waals surface area (Å²) in [5.74, 6) is 0.815. The molecule has 0 radical (unpaired) electrons. The van der Waals surface area contributed by atoms with Crippen molar-refractivity contribution in [1.82, 2.24) is 19.9 Å². The Morgan fingerprint density at radius 2 is 1.82 bits per heavy atom. The van der Waals surface area contributed by atoms with E-state index in [1.165, 1.54) is 0 Å². The minimum absolute atomic E-state index is 0.00123. The number of amides is 1. The molecule has 1 N–H and O–H groups in total. The Labute approximate surface area is 163 Å². The summed E-state index contributed by atoms with van der Waals surface area (Å²) in [4.78, 5) is 12.4. The quantitative estimate of drug-likeness (QED) is 0.585. The van der Waals surface area contributed by atoms with E-state index in [9.17, 15) is 4.79 Å². The topological polar surface area (TPSA) is 59.3 Å². The molecular weight excluding hydrogens is 348 g/mol. The Hall–Kier alpha value is -3.47. The van der Waals surface area contributed by atoms with Gasteiger partial charge in [0.25, 0.3) is 5.91 Å². The van der Waals surface area contributed by atoms with Gasteiger partial charge in [-0.05, 0) is 60.7 Å². The largest absolute Gasteiger partial charge is 0.349 e. The highest BCUT2D eigenvalue weighted by atomic mass is 16.1. The predicted molar refractivity (Wildman–Crippen MR) is 109 cm³/mol. The van der Waals surface area contributed by atoms with Gasteiger partial charge in [0.15, 0.2) is 11.5 Å². The third-order valence-corrected chi connectivity index (χ3v) is 5.17. The highest BCUT2D eigenvalue weighted by molar-refractivity contribution is 5.96. The zero-order chi connectivity index (χ0) is 19.1. The Morgan fingerprint density at radius 3 is 2.61 bits per heavy atom. The molecule has 28 heavy (non-hydrogen) atoms. The van der Waals surface area contributed by atoms with E-state index in [1.54, 1.807) is 0 Å². The van der Waals surface area contributed by atoms with Crippen molar-refractivity contribution in [3.05, 3.63) is 78.0 Å². The van der Waals surface area contributed by atoms with E-state index in [-0.39, 0.29) is 5.91 Å². The monoisotopic (exact) mass is 368 g/mol. The van der Waals surface area contributed by atoms with Crippen LogP contribution in [0, 0.1) is 6.92 Å². The van der Waals surface area contributed by atoms with E-state index in [0.717, 1.165) is 46.6 Å². The molecule has 1 amide bonds. The molecule has 0 aliphatic heterocycles. The molecule has 1 saturated carbocycles. The molecule has 5 nitrogen and oxygen atoms in total. The second-order valence-corrected chi connectivity index (χ2v) is 7.31. The summed E-state index contributed by atoms with van der Waals surface area (Å²) in [5.41, 5.74) is 5.68. The maximum Gasteiger partial charge on any atom is 0.251 e. The minimum atomic E-state index is -0.00123. The second kappa shape index (κ2) is 6.60. The highest BCUT2D eigenvalue weighted by Crippen LogP contribution is 2.28. The van der Waals surface area contributed by atoms with Gasteiger partial charge < -0.3 is 5.32 Å². The number of aromatic nitrogens is 3. The number of benzene rings is 2. The highest BCUT2D eigenvalue weighted by Gasteiger charge is 2.24. The third-order valence-electron chi connectivity index (χ3n) is 5.17. The molecule has 1 aliphatic carbocycles. The van der Waals surface area contributed by atoms with Gasteiger partial charge in [0.1, 0.15) is 0 Å². The number of nitrogens with zero attached hydrogens (tertiary/aromatic N) is 3. The molecule has 0 spiro atoms. The smallest absolute Gasteiger partial charge is 0.251 e. The molecule has 1 fully saturated rings. The summed E-state index contributed by atoms with van der Waals surface area (Å²) < 4.78 is 1.98. The summed E-state index contributed by atoms with van der Waals surface area (Å²) in [7, 11) is 0. The summed E-state index contributed by atoms with van der Waals surface area (Å²) in [6, 6.07) is 20.3. The lowest BCUT2D eigenvalue weighted by atomic mass is 9.98. The minimum Gasteiger partial charge on any atom is -0.349 e. The van der Waals surface area contributed by atoms with Crippen LogP contribution in [-0.4, -0.2) is 26.5 Å². The Kier molecular flexibility index (Phi) is 3.93. The average Bonchev–Trinajstić information content (AvgIpc) is 3.44. The first kappa shape index (κ1) is 16.7. The molecule has 0 bridgehead atoms. The molecule has 0 unspecified atom stereocenters. The number of carbonyl (C=O) groups excluding carboxylic acids is 1. The molecule has 1 aliphatic rings. The first-order chi connectivity index (χ1) is 13.7. The lowest BCUT2D eigenvalue weighted by Gasteiger charge is -2.10. The maximum atomic E-state index is 12.4. The number of aryl methyl sites for hydroxylation is 1. The number of hydrogen-bond acceptors (Lipinski definition) is 3. The SMILES string of the molecule is Cc1ccc(C(=O)NC2CC2)cc1-c1ccn2c(-c3ccccc3)nnc2c1. The van der Waals surface area contributed by atoms with Crippen molar-refractivity contribution in [3.63, 3.8) is 0 Å². The van der Waals surface area contributed by atoms with Gasteiger partial charge in [-0.15, -0.1) is 10.2 Å². The van der Waals surface area contributed by atoms with Crippen LogP contribution in [0.2, 0.25) is 0 Å². The number of nitrogens with one attached hydrogen (secondary N) is 1. The number of pyridine rings is 1. The van der Waals surface area contributed by atoms with Gasteiger partial charge in [0.05, 0.1) is 0 Å². The van der Waals surface area contributed by atoms with E-state index in [0.29, 0.717) is 11.6 Å². The van der Waals surface area contributed by atoms with E-state index < -0.39 is 0 Å². The van der Waals surface area contributed by atoms with Crippen LogP contribution < -0.4 is 5.32 Å². The summed E-state index contributed by atoms with van der Waals surface area (Å²) in [6.45, 7) is 2.06. The molecule has 138 valence electrons. The molecule has 2 aromatic heterocycles. The Balaban J connectivity index is 1.53. The lowest BCUT2D eigenvalue weighted by molar-refractivity contribution is 0.0951. The normalized spacial score (nSPS) is 13.6. The van der Waals surface area contributed by atoms with Gasteiger partial charge in [0, 0.05) is 23.4 Å². The molecule has 4 aromatic rings. The van der Waals surface area contributed by atoms with Crippen molar-refractivity contribution in [2.45, 2.75) is 25.8 Å². The van der Waals surface area contributed by atoms with Crippen molar-refractivity contribution >= 4 is 11.6 Å². The van der Waals surface area contributed by atoms with Crippen LogP contribution in [0.15, 0.2) is 66.9 Å². The van der Waals surface area contributed by atoms with Crippen LogP contribution in [0.1, 0.15) is 28.8 Å². The van der Waals surface area contributed by atoms with E-state index >= 15 is 0 Å². The predicted octanol–water partition coefficient (Wildman–Crippen LogP) is 4.26. The second-order valence-electron chi connectivity index (χ2n) is 7.31. The van der Waals surface area contributed by atoms with Gasteiger partial charge in [-0.2, -0.15) is 0 Å². The van der Waals surface area contributed by atoms with Crippen LogP contribution in [-0.2, 0) is 0 Å². The molecule has 5 rings (SSSR count). The van der Waals surface area contributed by atoms with Gasteiger partial charge >= 0.3 is 0 Å². The van der Waals surface area contributed by atoms with Crippen molar-refractivity contribution in [1.29, 1.82) is 0 Å². The third kappa shape index (κ3) is 3.05. The molecule has 2 aromatic carbocycles. The number of fused-ring (bicyclic) bond motifs is 1. The van der Waals surface area contributed by atoms with Crippen molar-refractivity contribution < 1.29 is 4.79 Å². The summed E-state index contributed by atoms with van der Waals surface area (Å²) in [6.07, 6.45) is 4.15. The Bertz CT molecular complexity index is 1180. The molecule has 2 heterocycles. The number of rotatable bonds is 4. The van der Waals surface area contributed by atoms with E-state index in [4.69, 9.17) is 0 Å².